The third kappa shape index (κ3) is 2.78. The highest BCUT2D eigenvalue weighted by molar-refractivity contribution is 7.88. The standard InChI is InChI=1S/C13H17N3O3S/c1-20(17,18)15-10-3-2-7-16(9-10)13-11-5-8-19-12(11)4-6-14-13/h4-6,8,10,15H,2-3,7,9H2,1H3/t10-/m0/s1. The van der Waals surface area contributed by atoms with Crippen molar-refractivity contribution in [2.24, 2.45) is 0 Å². The van der Waals surface area contributed by atoms with E-state index in [0.717, 1.165) is 36.2 Å². The molecule has 0 aromatic carbocycles. The topological polar surface area (TPSA) is 75.4 Å². The van der Waals surface area contributed by atoms with Gasteiger partial charge in [0, 0.05) is 25.3 Å². The van der Waals surface area contributed by atoms with Crippen LogP contribution in [0.25, 0.3) is 11.0 Å². The average molecular weight is 295 g/mol. The third-order valence-corrected chi connectivity index (χ3v) is 4.22. The Hall–Kier alpha value is -1.60. The number of aromatic nitrogens is 1. The Morgan fingerprint density at radius 2 is 2.30 bits per heavy atom. The fourth-order valence-electron chi connectivity index (χ4n) is 2.70. The summed E-state index contributed by atoms with van der Waals surface area (Å²) in [4.78, 5) is 6.54. The van der Waals surface area contributed by atoms with E-state index in [0.29, 0.717) is 6.54 Å². The van der Waals surface area contributed by atoms with Crippen LogP contribution in [0.5, 0.6) is 0 Å². The zero-order valence-corrected chi connectivity index (χ0v) is 12.1. The maximum atomic E-state index is 11.4. The number of pyridine rings is 1. The molecule has 1 aliphatic heterocycles. The van der Waals surface area contributed by atoms with Crippen molar-refractivity contribution >= 4 is 26.8 Å². The van der Waals surface area contributed by atoms with Crippen molar-refractivity contribution in [3.63, 3.8) is 0 Å². The van der Waals surface area contributed by atoms with Crippen molar-refractivity contribution in [1.82, 2.24) is 9.71 Å². The van der Waals surface area contributed by atoms with Gasteiger partial charge >= 0.3 is 0 Å². The molecule has 0 amide bonds. The smallest absolute Gasteiger partial charge is 0.209 e. The normalized spacial score (nSPS) is 20.4. The molecule has 0 radical (unpaired) electrons. The van der Waals surface area contributed by atoms with E-state index in [-0.39, 0.29) is 6.04 Å². The quantitative estimate of drug-likeness (QED) is 0.925. The van der Waals surface area contributed by atoms with Crippen molar-refractivity contribution in [1.29, 1.82) is 0 Å². The summed E-state index contributed by atoms with van der Waals surface area (Å²) in [5.41, 5.74) is 0.799. The van der Waals surface area contributed by atoms with Crippen molar-refractivity contribution in [2.75, 3.05) is 24.2 Å². The molecule has 2 aromatic heterocycles. The number of rotatable bonds is 3. The molecule has 0 bridgehead atoms. The second-order valence-electron chi connectivity index (χ2n) is 5.14. The van der Waals surface area contributed by atoms with Crippen molar-refractivity contribution in [3.8, 4) is 0 Å². The van der Waals surface area contributed by atoms with E-state index in [9.17, 15) is 8.42 Å². The summed E-state index contributed by atoms with van der Waals surface area (Å²) in [5.74, 6) is 0.858. The third-order valence-electron chi connectivity index (χ3n) is 3.46. The van der Waals surface area contributed by atoms with Crippen LogP contribution in [0.2, 0.25) is 0 Å². The van der Waals surface area contributed by atoms with Crippen LogP contribution in [0.4, 0.5) is 5.82 Å². The molecular formula is C13H17N3O3S. The van der Waals surface area contributed by atoms with Crippen LogP contribution >= 0.6 is 0 Å². The summed E-state index contributed by atoms with van der Waals surface area (Å²) >= 11 is 0. The number of sulfonamides is 1. The van der Waals surface area contributed by atoms with Gasteiger partial charge in [0.05, 0.1) is 17.9 Å². The highest BCUT2D eigenvalue weighted by Gasteiger charge is 2.24. The first-order valence-electron chi connectivity index (χ1n) is 6.57. The first kappa shape index (κ1) is 13.4. The Morgan fingerprint density at radius 3 is 3.10 bits per heavy atom. The highest BCUT2D eigenvalue weighted by atomic mass is 32.2. The van der Waals surface area contributed by atoms with Crippen molar-refractivity contribution in [2.45, 2.75) is 18.9 Å². The van der Waals surface area contributed by atoms with Gasteiger partial charge in [0.15, 0.2) is 0 Å². The second-order valence-corrected chi connectivity index (χ2v) is 6.92. The molecule has 1 N–H and O–H groups in total. The van der Waals surface area contributed by atoms with Gasteiger partial charge < -0.3 is 9.32 Å². The fourth-order valence-corrected chi connectivity index (χ4v) is 3.50. The van der Waals surface area contributed by atoms with Gasteiger partial charge in [-0.15, -0.1) is 0 Å². The number of anilines is 1. The monoisotopic (exact) mass is 295 g/mol. The molecule has 2 aromatic rings. The number of hydrogen-bond donors (Lipinski definition) is 1. The van der Waals surface area contributed by atoms with Gasteiger partial charge in [-0.3, -0.25) is 0 Å². The zero-order chi connectivity index (χ0) is 14.2. The molecule has 0 saturated carbocycles. The molecule has 7 heteroatoms. The molecule has 0 spiro atoms. The van der Waals surface area contributed by atoms with Crippen LogP contribution in [-0.2, 0) is 10.0 Å². The van der Waals surface area contributed by atoms with Crippen molar-refractivity contribution in [3.05, 3.63) is 24.6 Å². The molecule has 20 heavy (non-hydrogen) atoms. The maximum Gasteiger partial charge on any atom is 0.209 e. The molecule has 6 nitrogen and oxygen atoms in total. The Morgan fingerprint density at radius 1 is 1.45 bits per heavy atom. The summed E-state index contributed by atoms with van der Waals surface area (Å²) in [5, 5.41) is 0.965. The van der Waals surface area contributed by atoms with Crippen LogP contribution < -0.4 is 9.62 Å². The summed E-state index contributed by atoms with van der Waals surface area (Å²) in [6.45, 7) is 1.50. The first-order chi connectivity index (χ1) is 9.53. The predicted molar refractivity (Wildman–Crippen MR) is 77.2 cm³/mol. The van der Waals surface area contributed by atoms with Crippen LogP contribution in [-0.4, -0.2) is 38.8 Å². The van der Waals surface area contributed by atoms with Crippen LogP contribution in [0.1, 0.15) is 12.8 Å². The largest absolute Gasteiger partial charge is 0.464 e. The molecule has 3 rings (SSSR count). The number of hydrogen-bond acceptors (Lipinski definition) is 5. The minimum Gasteiger partial charge on any atom is -0.464 e. The molecule has 1 saturated heterocycles. The van der Waals surface area contributed by atoms with E-state index in [1.165, 1.54) is 6.26 Å². The predicted octanol–water partition coefficient (Wildman–Crippen LogP) is 1.35. The Bertz CT molecular complexity index is 710. The van der Waals surface area contributed by atoms with Gasteiger partial charge in [-0.25, -0.2) is 18.1 Å². The number of furan rings is 1. The van der Waals surface area contributed by atoms with E-state index in [4.69, 9.17) is 4.42 Å². The summed E-state index contributed by atoms with van der Waals surface area (Å²) in [7, 11) is -3.18. The van der Waals surface area contributed by atoms with Crippen molar-refractivity contribution < 1.29 is 12.8 Å². The lowest BCUT2D eigenvalue weighted by Crippen LogP contribution is -2.47. The molecular weight excluding hydrogens is 278 g/mol. The molecule has 1 aliphatic rings. The fraction of sp³-hybridized carbons (Fsp3) is 0.462. The van der Waals surface area contributed by atoms with Crippen LogP contribution in [0.15, 0.2) is 29.0 Å². The maximum absolute atomic E-state index is 11.4. The summed E-state index contributed by atoms with van der Waals surface area (Å²) in [6.07, 6.45) is 6.34. The van der Waals surface area contributed by atoms with Crippen LogP contribution in [0.3, 0.4) is 0 Å². The van der Waals surface area contributed by atoms with Crippen LogP contribution in [0, 0.1) is 0 Å². The molecule has 0 aliphatic carbocycles. The van der Waals surface area contributed by atoms with E-state index in [2.05, 4.69) is 14.6 Å². The lowest BCUT2D eigenvalue weighted by molar-refractivity contribution is 0.466. The van der Waals surface area contributed by atoms with E-state index in [1.54, 1.807) is 12.5 Å². The number of fused-ring (bicyclic) bond motifs is 1. The molecule has 3 heterocycles. The zero-order valence-electron chi connectivity index (χ0n) is 11.2. The SMILES string of the molecule is CS(=O)(=O)N[C@H]1CCCN(c2nccc3occc23)C1. The average Bonchev–Trinajstić information content (AvgIpc) is 2.85. The van der Waals surface area contributed by atoms with E-state index >= 15 is 0 Å². The number of nitrogens with zero attached hydrogens (tertiary/aromatic N) is 2. The Labute approximate surface area is 117 Å². The Kier molecular flexibility index (Phi) is 3.39. The molecule has 108 valence electrons. The van der Waals surface area contributed by atoms with Gasteiger partial charge in [-0.2, -0.15) is 0 Å². The van der Waals surface area contributed by atoms with Gasteiger partial charge in [0.2, 0.25) is 10.0 Å². The van der Waals surface area contributed by atoms with Gasteiger partial charge in [0.1, 0.15) is 11.4 Å². The summed E-state index contributed by atoms with van der Waals surface area (Å²) < 4.78 is 30.8. The van der Waals surface area contributed by atoms with Gasteiger partial charge in [0.25, 0.3) is 0 Å². The Balaban J connectivity index is 1.85. The summed E-state index contributed by atoms with van der Waals surface area (Å²) in [6, 6.07) is 3.66. The molecule has 0 unspecified atom stereocenters. The van der Waals surface area contributed by atoms with Gasteiger partial charge in [-0.1, -0.05) is 0 Å². The van der Waals surface area contributed by atoms with E-state index in [1.807, 2.05) is 12.1 Å². The van der Waals surface area contributed by atoms with E-state index < -0.39 is 10.0 Å². The number of piperidine rings is 1. The minimum absolute atomic E-state index is 0.0669. The first-order valence-corrected chi connectivity index (χ1v) is 8.46. The molecule has 1 fully saturated rings. The number of nitrogens with one attached hydrogen (secondary N) is 1. The molecule has 1 atom stereocenters. The minimum atomic E-state index is -3.18. The van der Waals surface area contributed by atoms with Gasteiger partial charge in [-0.05, 0) is 25.0 Å². The lowest BCUT2D eigenvalue weighted by atomic mass is 10.1. The second kappa shape index (κ2) is 5.06. The highest BCUT2D eigenvalue weighted by Crippen LogP contribution is 2.27. The lowest BCUT2D eigenvalue weighted by Gasteiger charge is -2.33.